The summed E-state index contributed by atoms with van der Waals surface area (Å²) in [5.41, 5.74) is 0.587. The van der Waals surface area contributed by atoms with Crippen molar-refractivity contribution in [2.75, 3.05) is 0 Å². The van der Waals surface area contributed by atoms with Crippen molar-refractivity contribution in [2.24, 2.45) is 0 Å². The molecule has 0 aliphatic heterocycles. The van der Waals surface area contributed by atoms with E-state index in [-0.39, 0.29) is 11.6 Å². The van der Waals surface area contributed by atoms with E-state index in [1.54, 1.807) is 18.2 Å². The third-order valence-corrected chi connectivity index (χ3v) is 2.61. The largest absolute Gasteiger partial charge is 0.349 e. The van der Waals surface area contributed by atoms with Gasteiger partial charge < -0.3 is 5.32 Å². The van der Waals surface area contributed by atoms with Gasteiger partial charge in [-0.2, -0.15) is 5.26 Å². The Bertz CT molecular complexity index is 530. The van der Waals surface area contributed by atoms with Crippen LogP contribution < -0.4 is 5.32 Å². The Labute approximate surface area is 116 Å². The fourth-order valence-electron chi connectivity index (χ4n) is 1.26. The Morgan fingerprint density at radius 3 is 2.61 bits per heavy atom. The van der Waals surface area contributed by atoms with Gasteiger partial charge in [-0.05, 0) is 37.6 Å². The molecular formula is C13H12Cl2N2O. The highest BCUT2D eigenvalue weighted by atomic mass is 35.5. The van der Waals surface area contributed by atoms with Crippen LogP contribution in [0.3, 0.4) is 0 Å². The van der Waals surface area contributed by atoms with Crippen molar-refractivity contribution in [2.45, 2.75) is 19.9 Å². The predicted octanol–water partition coefficient (Wildman–Crippen LogP) is 3.42. The van der Waals surface area contributed by atoms with Gasteiger partial charge in [-0.1, -0.05) is 29.3 Å². The second-order valence-corrected chi connectivity index (χ2v) is 4.81. The highest BCUT2D eigenvalue weighted by molar-refractivity contribution is 6.35. The van der Waals surface area contributed by atoms with Crippen molar-refractivity contribution in [3.8, 4) is 6.07 Å². The molecule has 0 aliphatic rings. The van der Waals surface area contributed by atoms with Crippen molar-refractivity contribution < 1.29 is 4.79 Å². The molecule has 0 spiro atoms. The Balaban J connectivity index is 3.05. The van der Waals surface area contributed by atoms with E-state index in [4.69, 9.17) is 28.5 Å². The molecule has 0 aliphatic carbocycles. The van der Waals surface area contributed by atoms with Crippen LogP contribution in [0.15, 0.2) is 23.8 Å². The topological polar surface area (TPSA) is 52.9 Å². The molecule has 0 radical (unpaired) electrons. The summed E-state index contributed by atoms with van der Waals surface area (Å²) in [6, 6.07) is 6.69. The molecule has 3 nitrogen and oxygen atoms in total. The number of nitriles is 1. The first-order chi connectivity index (χ1) is 8.43. The first-order valence-corrected chi connectivity index (χ1v) is 6.07. The summed E-state index contributed by atoms with van der Waals surface area (Å²) in [6.07, 6.45) is 1.44. The number of nitrogens with zero attached hydrogens (tertiary/aromatic N) is 1. The number of carbonyl (C=O) groups excluding carboxylic acids is 1. The van der Waals surface area contributed by atoms with Gasteiger partial charge in [0.15, 0.2) is 0 Å². The molecule has 0 heterocycles. The van der Waals surface area contributed by atoms with Gasteiger partial charge >= 0.3 is 0 Å². The molecule has 0 bridgehead atoms. The molecule has 1 rings (SSSR count). The van der Waals surface area contributed by atoms with E-state index in [2.05, 4.69) is 5.32 Å². The number of hydrogen-bond acceptors (Lipinski definition) is 2. The lowest BCUT2D eigenvalue weighted by Crippen LogP contribution is -2.30. The molecule has 1 aromatic carbocycles. The van der Waals surface area contributed by atoms with E-state index in [0.29, 0.717) is 15.6 Å². The Hall–Kier alpha value is -1.50. The van der Waals surface area contributed by atoms with E-state index in [9.17, 15) is 4.79 Å². The molecule has 94 valence electrons. The normalized spacial score (nSPS) is 11.2. The van der Waals surface area contributed by atoms with Crippen LogP contribution in [0.2, 0.25) is 10.0 Å². The fraction of sp³-hybridized carbons (Fsp3) is 0.231. The summed E-state index contributed by atoms with van der Waals surface area (Å²) in [5.74, 6) is -0.418. The minimum absolute atomic E-state index is 0.00734. The minimum Gasteiger partial charge on any atom is -0.349 e. The van der Waals surface area contributed by atoms with Gasteiger partial charge in [0, 0.05) is 16.1 Å². The van der Waals surface area contributed by atoms with Gasteiger partial charge in [0.05, 0.1) is 0 Å². The molecule has 1 aromatic rings. The molecule has 0 saturated carbocycles. The maximum Gasteiger partial charge on any atom is 0.262 e. The zero-order chi connectivity index (χ0) is 13.7. The molecule has 0 unspecified atom stereocenters. The number of halogens is 2. The van der Waals surface area contributed by atoms with E-state index in [1.807, 2.05) is 19.9 Å². The highest BCUT2D eigenvalue weighted by Crippen LogP contribution is 2.23. The maximum absolute atomic E-state index is 11.7. The highest BCUT2D eigenvalue weighted by Gasteiger charge is 2.10. The van der Waals surface area contributed by atoms with Crippen LogP contribution in [0.1, 0.15) is 19.4 Å². The Kier molecular flexibility index (Phi) is 5.21. The van der Waals surface area contributed by atoms with Crippen molar-refractivity contribution in [3.63, 3.8) is 0 Å². The van der Waals surface area contributed by atoms with Crippen LogP contribution in [0, 0.1) is 11.3 Å². The van der Waals surface area contributed by atoms with Crippen LogP contribution in [-0.4, -0.2) is 11.9 Å². The lowest BCUT2D eigenvalue weighted by molar-refractivity contribution is -0.117. The van der Waals surface area contributed by atoms with E-state index < -0.39 is 5.91 Å². The minimum atomic E-state index is -0.418. The van der Waals surface area contributed by atoms with Gasteiger partial charge in [-0.25, -0.2) is 0 Å². The summed E-state index contributed by atoms with van der Waals surface area (Å²) in [6.45, 7) is 3.64. The molecule has 18 heavy (non-hydrogen) atoms. The van der Waals surface area contributed by atoms with Gasteiger partial charge in [0.25, 0.3) is 5.91 Å². The molecule has 5 heteroatoms. The zero-order valence-corrected chi connectivity index (χ0v) is 11.5. The van der Waals surface area contributed by atoms with Crippen molar-refractivity contribution in [1.82, 2.24) is 5.32 Å². The number of nitrogens with one attached hydrogen (secondary N) is 1. The number of carbonyl (C=O) groups is 1. The van der Waals surface area contributed by atoms with Crippen LogP contribution in [0.5, 0.6) is 0 Å². The van der Waals surface area contributed by atoms with Crippen LogP contribution in [0.25, 0.3) is 6.08 Å². The number of amides is 1. The Morgan fingerprint density at radius 1 is 1.44 bits per heavy atom. The molecule has 0 saturated heterocycles. The number of hydrogen-bond donors (Lipinski definition) is 1. The van der Waals surface area contributed by atoms with Crippen LogP contribution >= 0.6 is 23.2 Å². The van der Waals surface area contributed by atoms with Crippen LogP contribution in [-0.2, 0) is 4.79 Å². The first kappa shape index (κ1) is 14.6. The average Bonchev–Trinajstić information content (AvgIpc) is 2.27. The zero-order valence-electron chi connectivity index (χ0n) is 10.00. The number of rotatable bonds is 3. The predicted molar refractivity (Wildman–Crippen MR) is 73.3 cm³/mol. The molecule has 1 N–H and O–H groups in total. The lowest BCUT2D eigenvalue weighted by atomic mass is 10.1. The first-order valence-electron chi connectivity index (χ1n) is 5.31. The summed E-state index contributed by atoms with van der Waals surface area (Å²) in [5, 5.41) is 12.5. The third-order valence-electron chi connectivity index (χ3n) is 2.05. The second kappa shape index (κ2) is 6.44. The van der Waals surface area contributed by atoms with Gasteiger partial charge in [-0.3, -0.25) is 4.79 Å². The summed E-state index contributed by atoms with van der Waals surface area (Å²) in [7, 11) is 0. The average molecular weight is 283 g/mol. The monoisotopic (exact) mass is 282 g/mol. The fourth-order valence-corrected chi connectivity index (χ4v) is 1.73. The van der Waals surface area contributed by atoms with Gasteiger partial charge in [0.2, 0.25) is 0 Å². The van der Waals surface area contributed by atoms with Gasteiger partial charge in [0.1, 0.15) is 11.6 Å². The van der Waals surface area contributed by atoms with Crippen molar-refractivity contribution in [1.29, 1.82) is 5.26 Å². The lowest BCUT2D eigenvalue weighted by Gasteiger charge is -2.07. The molecule has 0 fully saturated rings. The molecule has 1 amide bonds. The van der Waals surface area contributed by atoms with Crippen molar-refractivity contribution in [3.05, 3.63) is 39.4 Å². The van der Waals surface area contributed by atoms with Gasteiger partial charge in [-0.15, -0.1) is 0 Å². The standard InChI is InChI=1S/C13H12Cl2N2O/c1-8(2)17-13(18)10(7-16)5-9-3-4-11(14)6-12(9)15/h3-6,8H,1-2H3,(H,17,18)/b10-5-. The molecule has 0 atom stereocenters. The summed E-state index contributed by atoms with van der Waals surface area (Å²) in [4.78, 5) is 11.7. The second-order valence-electron chi connectivity index (χ2n) is 3.96. The smallest absolute Gasteiger partial charge is 0.262 e. The summed E-state index contributed by atoms with van der Waals surface area (Å²) < 4.78 is 0. The molecule has 0 aromatic heterocycles. The third kappa shape index (κ3) is 4.06. The van der Waals surface area contributed by atoms with Crippen molar-refractivity contribution >= 4 is 35.2 Å². The SMILES string of the molecule is CC(C)NC(=O)/C(C#N)=C\c1ccc(Cl)cc1Cl. The molecular weight excluding hydrogens is 271 g/mol. The summed E-state index contributed by atoms with van der Waals surface area (Å²) >= 11 is 11.7. The maximum atomic E-state index is 11.7. The van der Waals surface area contributed by atoms with E-state index in [1.165, 1.54) is 6.08 Å². The van der Waals surface area contributed by atoms with Crippen LogP contribution in [0.4, 0.5) is 0 Å². The Morgan fingerprint density at radius 2 is 2.11 bits per heavy atom. The van der Waals surface area contributed by atoms with E-state index in [0.717, 1.165) is 0 Å². The number of benzene rings is 1. The van der Waals surface area contributed by atoms with E-state index >= 15 is 0 Å². The quantitative estimate of drug-likeness (QED) is 0.682.